The molecule has 2 aliphatic rings. The Kier molecular flexibility index (Phi) is 3.71. The molecule has 0 amide bonds. The molecule has 1 aromatic heterocycles. The minimum absolute atomic E-state index is 0.851. The van der Waals surface area contributed by atoms with Gasteiger partial charge < -0.3 is 10.2 Å². The highest BCUT2D eigenvalue weighted by Crippen LogP contribution is 2.13. The lowest BCUT2D eigenvalue weighted by atomic mass is 10.1. The van der Waals surface area contributed by atoms with Gasteiger partial charge in [-0.3, -0.25) is 4.90 Å². The van der Waals surface area contributed by atoms with Crippen LogP contribution < -0.4 is 10.2 Å². The summed E-state index contributed by atoms with van der Waals surface area (Å²) in [6, 6.07) is 1.87. The highest BCUT2D eigenvalue weighted by Gasteiger charge is 2.22. The summed E-state index contributed by atoms with van der Waals surface area (Å²) >= 11 is 0. The Bertz CT molecular complexity index is 355. The number of piperazine rings is 1. The molecule has 0 spiro atoms. The van der Waals surface area contributed by atoms with E-state index in [9.17, 15) is 0 Å². The predicted octanol–water partition coefficient (Wildman–Crippen LogP) is 0.208. The Labute approximate surface area is 108 Å². The van der Waals surface area contributed by atoms with Crippen molar-refractivity contribution in [1.82, 2.24) is 20.2 Å². The van der Waals surface area contributed by atoms with Gasteiger partial charge in [0.1, 0.15) is 0 Å². The smallest absolute Gasteiger partial charge is 0.225 e. The number of anilines is 1. The number of hydrogen-bond acceptors (Lipinski definition) is 5. The van der Waals surface area contributed by atoms with Gasteiger partial charge in [0.2, 0.25) is 5.95 Å². The van der Waals surface area contributed by atoms with Gasteiger partial charge in [-0.05, 0) is 31.5 Å². The molecule has 0 aliphatic carbocycles. The van der Waals surface area contributed by atoms with Gasteiger partial charge in [0.15, 0.2) is 0 Å². The fraction of sp³-hybridized carbons (Fsp3) is 0.692. The van der Waals surface area contributed by atoms with Crippen LogP contribution in [0.2, 0.25) is 0 Å². The first-order valence-corrected chi connectivity index (χ1v) is 6.87. The van der Waals surface area contributed by atoms with E-state index >= 15 is 0 Å². The van der Waals surface area contributed by atoms with Gasteiger partial charge >= 0.3 is 0 Å². The van der Waals surface area contributed by atoms with Crippen LogP contribution in [0, 0.1) is 5.92 Å². The zero-order chi connectivity index (χ0) is 12.2. The summed E-state index contributed by atoms with van der Waals surface area (Å²) in [6.07, 6.45) is 4.97. The molecule has 1 atom stereocenters. The zero-order valence-corrected chi connectivity index (χ0v) is 10.8. The highest BCUT2D eigenvalue weighted by molar-refractivity contribution is 5.29. The highest BCUT2D eigenvalue weighted by atomic mass is 15.3. The summed E-state index contributed by atoms with van der Waals surface area (Å²) in [7, 11) is 0. The van der Waals surface area contributed by atoms with E-state index in [1.54, 1.807) is 0 Å². The van der Waals surface area contributed by atoms with E-state index in [2.05, 4.69) is 25.1 Å². The van der Waals surface area contributed by atoms with Gasteiger partial charge in [-0.1, -0.05) is 0 Å². The normalized spacial score (nSPS) is 25.6. The van der Waals surface area contributed by atoms with E-state index in [0.717, 1.165) is 38.0 Å². The van der Waals surface area contributed by atoms with Crippen molar-refractivity contribution >= 4 is 5.95 Å². The van der Waals surface area contributed by atoms with E-state index in [-0.39, 0.29) is 0 Å². The maximum atomic E-state index is 4.32. The molecule has 18 heavy (non-hydrogen) atoms. The summed E-state index contributed by atoms with van der Waals surface area (Å²) in [5.41, 5.74) is 0. The van der Waals surface area contributed by atoms with Gasteiger partial charge in [0.25, 0.3) is 0 Å². The van der Waals surface area contributed by atoms with Crippen molar-refractivity contribution in [1.29, 1.82) is 0 Å². The summed E-state index contributed by atoms with van der Waals surface area (Å²) in [6.45, 7) is 8.00. The molecule has 5 nitrogen and oxygen atoms in total. The van der Waals surface area contributed by atoms with E-state index in [1.165, 1.54) is 26.1 Å². The largest absolute Gasteiger partial charge is 0.338 e. The van der Waals surface area contributed by atoms with Gasteiger partial charge in [-0.15, -0.1) is 0 Å². The second-order valence-corrected chi connectivity index (χ2v) is 5.20. The van der Waals surface area contributed by atoms with E-state index < -0.39 is 0 Å². The molecule has 5 heteroatoms. The van der Waals surface area contributed by atoms with Crippen LogP contribution in [-0.4, -0.2) is 60.7 Å². The zero-order valence-electron chi connectivity index (χ0n) is 10.8. The lowest BCUT2D eigenvalue weighted by Gasteiger charge is -2.35. The molecule has 3 rings (SSSR count). The fourth-order valence-electron chi connectivity index (χ4n) is 2.82. The lowest BCUT2D eigenvalue weighted by molar-refractivity contribution is 0.224. The third-order valence-electron chi connectivity index (χ3n) is 3.89. The topological polar surface area (TPSA) is 44.3 Å². The van der Waals surface area contributed by atoms with Crippen molar-refractivity contribution in [2.24, 2.45) is 5.92 Å². The molecule has 0 bridgehead atoms. The SMILES string of the molecule is c1cnc(N2CCN(CC3CCNC3)CC2)nc1. The minimum atomic E-state index is 0.851. The molecule has 1 N–H and O–H groups in total. The first kappa shape index (κ1) is 11.9. The summed E-state index contributed by atoms with van der Waals surface area (Å²) in [5, 5.41) is 3.44. The molecule has 2 aliphatic heterocycles. The van der Waals surface area contributed by atoms with Crippen LogP contribution in [0.15, 0.2) is 18.5 Å². The van der Waals surface area contributed by atoms with Crippen molar-refractivity contribution in [3.05, 3.63) is 18.5 Å². The average molecular weight is 247 g/mol. The van der Waals surface area contributed by atoms with Gasteiger partial charge in [-0.2, -0.15) is 0 Å². The average Bonchev–Trinajstić information content (AvgIpc) is 2.94. The molecule has 2 fully saturated rings. The predicted molar refractivity (Wildman–Crippen MR) is 71.7 cm³/mol. The third-order valence-corrected chi connectivity index (χ3v) is 3.89. The quantitative estimate of drug-likeness (QED) is 0.827. The second kappa shape index (κ2) is 5.63. The van der Waals surface area contributed by atoms with Crippen LogP contribution in [0.5, 0.6) is 0 Å². The van der Waals surface area contributed by atoms with Crippen molar-refractivity contribution in [2.75, 3.05) is 50.7 Å². The van der Waals surface area contributed by atoms with Crippen molar-refractivity contribution in [3.8, 4) is 0 Å². The first-order valence-electron chi connectivity index (χ1n) is 6.87. The summed E-state index contributed by atoms with van der Waals surface area (Å²) < 4.78 is 0. The molecule has 1 unspecified atom stereocenters. The Morgan fingerprint density at radius 1 is 1.17 bits per heavy atom. The van der Waals surface area contributed by atoms with Crippen LogP contribution in [-0.2, 0) is 0 Å². The number of aromatic nitrogens is 2. The van der Waals surface area contributed by atoms with Crippen LogP contribution >= 0.6 is 0 Å². The minimum Gasteiger partial charge on any atom is -0.338 e. The maximum absolute atomic E-state index is 4.32. The third kappa shape index (κ3) is 2.79. The molecule has 0 aromatic carbocycles. The Morgan fingerprint density at radius 3 is 2.61 bits per heavy atom. The summed E-state index contributed by atoms with van der Waals surface area (Å²) in [4.78, 5) is 13.5. The molecule has 0 radical (unpaired) electrons. The number of nitrogens with one attached hydrogen (secondary N) is 1. The lowest BCUT2D eigenvalue weighted by Crippen LogP contribution is -2.48. The fourth-order valence-corrected chi connectivity index (χ4v) is 2.82. The molecule has 1 aromatic rings. The summed E-state index contributed by atoms with van der Waals surface area (Å²) in [5.74, 6) is 1.73. The van der Waals surface area contributed by atoms with Crippen molar-refractivity contribution in [3.63, 3.8) is 0 Å². The number of nitrogens with zero attached hydrogens (tertiary/aromatic N) is 4. The molecular weight excluding hydrogens is 226 g/mol. The van der Waals surface area contributed by atoms with Crippen LogP contribution in [0.1, 0.15) is 6.42 Å². The molecule has 2 saturated heterocycles. The standard InChI is InChI=1S/C13H21N5/c1-3-15-13(16-4-1)18-8-6-17(7-9-18)11-12-2-5-14-10-12/h1,3-4,12,14H,2,5-11H2. The van der Waals surface area contributed by atoms with Crippen molar-refractivity contribution < 1.29 is 0 Å². The van der Waals surface area contributed by atoms with Crippen LogP contribution in [0.3, 0.4) is 0 Å². The van der Waals surface area contributed by atoms with Crippen LogP contribution in [0.4, 0.5) is 5.95 Å². The van der Waals surface area contributed by atoms with Gasteiger partial charge in [-0.25, -0.2) is 9.97 Å². The second-order valence-electron chi connectivity index (χ2n) is 5.20. The van der Waals surface area contributed by atoms with Gasteiger partial charge in [0, 0.05) is 45.1 Å². The maximum Gasteiger partial charge on any atom is 0.225 e. The van der Waals surface area contributed by atoms with E-state index in [0.29, 0.717) is 0 Å². The Morgan fingerprint density at radius 2 is 1.94 bits per heavy atom. The first-order chi connectivity index (χ1) is 8.92. The monoisotopic (exact) mass is 247 g/mol. The van der Waals surface area contributed by atoms with E-state index in [1.807, 2.05) is 18.5 Å². The Hall–Kier alpha value is -1.20. The van der Waals surface area contributed by atoms with Gasteiger partial charge in [0.05, 0.1) is 0 Å². The Balaban J connectivity index is 1.49. The number of rotatable bonds is 3. The molecule has 0 saturated carbocycles. The molecule has 98 valence electrons. The molecule has 3 heterocycles. The number of hydrogen-bond donors (Lipinski definition) is 1. The van der Waals surface area contributed by atoms with E-state index in [4.69, 9.17) is 0 Å². The van der Waals surface area contributed by atoms with Crippen LogP contribution in [0.25, 0.3) is 0 Å². The molecular formula is C13H21N5. The van der Waals surface area contributed by atoms with Crippen molar-refractivity contribution in [2.45, 2.75) is 6.42 Å².